The Bertz CT molecular complexity index is 359. The molecule has 0 aliphatic rings. The third kappa shape index (κ3) is 4.62. The van der Waals surface area contributed by atoms with Crippen molar-refractivity contribution in [3.05, 3.63) is 34.6 Å². The van der Waals surface area contributed by atoms with E-state index in [0.717, 1.165) is 18.4 Å². The van der Waals surface area contributed by atoms with E-state index in [1.807, 2.05) is 13.8 Å². The van der Waals surface area contributed by atoms with Gasteiger partial charge in [0.1, 0.15) is 5.82 Å². The first-order chi connectivity index (χ1) is 8.04. The lowest BCUT2D eigenvalue weighted by Crippen LogP contribution is -2.28. The lowest BCUT2D eigenvalue weighted by molar-refractivity contribution is 0.157. The van der Waals surface area contributed by atoms with Gasteiger partial charge in [-0.25, -0.2) is 4.39 Å². The van der Waals surface area contributed by atoms with Crippen LogP contribution in [0.2, 0.25) is 5.02 Å². The molecule has 96 valence electrons. The fourth-order valence-electron chi connectivity index (χ4n) is 1.65. The zero-order valence-electron chi connectivity index (χ0n) is 10.2. The predicted octanol–water partition coefficient (Wildman–Crippen LogP) is 3.29. The molecule has 0 bridgehead atoms. The largest absolute Gasteiger partial charge is 0.392 e. The smallest absolute Gasteiger partial charge is 0.141 e. The van der Waals surface area contributed by atoms with Gasteiger partial charge in [0.25, 0.3) is 0 Å². The Labute approximate surface area is 107 Å². The predicted molar refractivity (Wildman–Crippen MR) is 68.7 cm³/mol. The maximum Gasteiger partial charge on any atom is 0.141 e. The summed E-state index contributed by atoms with van der Waals surface area (Å²) in [5.41, 5.74) is 0.917. The van der Waals surface area contributed by atoms with Gasteiger partial charge in [0.2, 0.25) is 0 Å². The molecular weight excluding hydrogens is 241 g/mol. The minimum Gasteiger partial charge on any atom is -0.392 e. The summed E-state index contributed by atoms with van der Waals surface area (Å²) >= 11 is 5.72. The van der Waals surface area contributed by atoms with Crippen molar-refractivity contribution in [3.63, 3.8) is 0 Å². The summed E-state index contributed by atoms with van der Waals surface area (Å²) in [6.45, 7) is 4.53. The van der Waals surface area contributed by atoms with Crippen LogP contribution in [0.4, 0.5) is 4.39 Å². The second-order valence-corrected chi connectivity index (χ2v) is 4.65. The molecule has 0 aliphatic heterocycles. The topological polar surface area (TPSA) is 32.3 Å². The number of rotatable bonds is 6. The maximum atomic E-state index is 13.0. The molecule has 0 aliphatic carbocycles. The molecule has 0 saturated carbocycles. The van der Waals surface area contributed by atoms with Crippen LogP contribution in [0.25, 0.3) is 0 Å². The average Bonchev–Trinajstić information content (AvgIpc) is 2.30. The Morgan fingerprint density at radius 2 is 2.18 bits per heavy atom. The Morgan fingerprint density at radius 3 is 2.76 bits per heavy atom. The first-order valence-corrected chi connectivity index (χ1v) is 6.28. The molecule has 0 amide bonds. The van der Waals surface area contributed by atoms with Crippen LogP contribution in [-0.4, -0.2) is 17.8 Å². The Kier molecular flexibility index (Phi) is 5.89. The van der Waals surface area contributed by atoms with E-state index in [4.69, 9.17) is 11.6 Å². The summed E-state index contributed by atoms with van der Waals surface area (Å²) in [5.74, 6) is -0.409. The van der Waals surface area contributed by atoms with Gasteiger partial charge in [0.05, 0.1) is 11.1 Å². The highest BCUT2D eigenvalue weighted by Crippen LogP contribution is 2.20. The van der Waals surface area contributed by atoms with Gasteiger partial charge in [0, 0.05) is 12.6 Å². The molecule has 0 aromatic heterocycles. The van der Waals surface area contributed by atoms with Crippen LogP contribution in [0.5, 0.6) is 0 Å². The van der Waals surface area contributed by atoms with Gasteiger partial charge in [-0.3, -0.25) is 0 Å². The van der Waals surface area contributed by atoms with Crippen molar-refractivity contribution in [2.24, 2.45) is 0 Å². The van der Waals surface area contributed by atoms with Crippen LogP contribution in [0.1, 0.15) is 38.3 Å². The molecule has 0 spiro atoms. The molecule has 2 N–H and O–H groups in total. The number of hydrogen-bond donors (Lipinski definition) is 2. The summed E-state index contributed by atoms with van der Waals surface area (Å²) < 4.78 is 13.0. The molecule has 17 heavy (non-hydrogen) atoms. The minimum absolute atomic E-state index is 0.0413. The fraction of sp³-hybridized carbons (Fsp3) is 0.538. The summed E-state index contributed by atoms with van der Waals surface area (Å²) in [6.07, 6.45) is 1.40. The number of halogens is 2. The van der Waals surface area contributed by atoms with E-state index in [1.54, 1.807) is 12.1 Å². The van der Waals surface area contributed by atoms with Crippen molar-refractivity contribution in [2.45, 2.75) is 38.8 Å². The van der Waals surface area contributed by atoms with Gasteiger partial charge >= 0.3 is 0 Å². The monoisotopic (exact) mass is 259 g/mol. The molecule has 0 fully saturated rings. The van der Waals surface area contributed by atoms with Crippen molar-refractivity contribution in [1.82, 2.24) is 5.32 Å². The SMILES string of the molecule is CCCC(O)CNC(C)c1ccc(F)c(Cl)c1. The van der Waals surface area contributed by atoms with E-state index in [9.17, 15) is 9.50 Å². The quantitative estimate of drug-likeness (QED) is 0.822. The molecule has 2 nitrogen and oxygen atoms in total. The molecule has 4 heteroatoms. The normalized spacial score (nSPS) is 14.6. The first-order valence-electron chi connectivity index (χ1n) is 5.91. The first kappa shape index (κ1) is 14.4. The van der Waals surface area contributed by atoms with Crippen LogP contribution in [0.3, 0.4) is 0 Å². The number of aliphatic hydroxyl groups excluding tert-OH is 1. The van der Waals surface area contributed by atoms with Gasteiger partial charge in [-0.2, -0.15) is 0 Å². The molecule has 2 unspecified atom stereocenters. The molecule has 1 aromatic carbocycles. The van der Waals surface area contributed by atoms with Crippen molar-refractivity contribution < 1.29 is 9.50 Å². The third-order valence-corrected chi connectivity index (χ3v) is 3.01. The standard InChI is InChI=1S/C13H19ClFNO/c1-3-4-11(17)8-16-9(2)10-5-6-13(15)12(14)7-10/h5-7,9,11,16-17H,3-4,8H2,1-2H3. The molecule has 0 saturated heterocycles. The van der Waals surface area contributed by atoms with E-state index < -0.39 is 5.82 Å². The van der Waals surface area contributed by atoms with E-state index in [1.165, 1.54) is 6.07 Å². The molecule has 1 rings (SSSR count). The highest BCUT2D eigenvalue weighted by Gasteiger charge is 2.09. The summed E-state index contributed by atoms with van der Waals surface area (Å²) in [6, 6.07) is 4.71. The number of hydrogen-bond acceptors (Lipinski definition) is 2. The zero-order chi connectivity index (χ0) is 12.8. The van der Waals surface area contributed by atoms with Crippen LogP contribution in [0, 0.1) is 5.82 Å². The van der Waals surface area contributed by atoms with Crippen LogP contribution < -0.4 is 5.32 Å². The van der Waals surface area contributed by atoms with E-state index in [2.05, 4.69) is 5.32 Å². The maximum absolute atomic E-state index is 13.0. The molecule has 1 aromatic rings. The third-order valence-electron chi connectivity index (χ3n) is 2.73. The van der Waals surface area contributed by atoms with Crippen molar-refractivity contribution in [2.75, 3.05) is 6.54 Å². The Hall–Kier alpha value is -0.640. The lowest BCUT2D eigenvalue weighted by atomic mass is 10.1. The van der Waals surface area contributed by atoms with Gasteiger partial charge in [-0.1, -0.05) is 31.0 Å². The van der Waals surface area contributed by atoms with Gasteiger partial charge in [0.15, 0.2) is 0 Å². The zero-order valence-corrected chi connectivity index (χ0v) is 11.0. The van der Waals surface area contributed by atoms with Gasteiger partial charge in [-0.15, -0.1) is 0 Å². The minimum atomic E-state index is -0.409. The van der Waals surface area contributed by atoms with Crippen molar-refractivity contribution in [1.29, 1.82) is 0 Å². The number of aliphatic hydroxyl groups is 1. The number of benzene rings is 1. The summed E-state index contributed by atoms with van der Waals surface area (Å²) in [7, 11) is 0. The average molecular weight is 260 g/mol. The van der Waals surface area contributed by atoms with Gasteiger partial charge in [-0.05, 0) is 31.0 Å². The summed E-state index contributed by atoms with van der Waals surface area (Å²) in [5, 5.41) is 12.9. The molecule has 2 atom stereocenters. The summed E-state index contributed by atoms with van der Waals surface area (Å²) in [4.78, 5) is 0. The molecular formula is C13H19ClFNO. The fourth-order valence-corrected chi connectivity index (χ4v) is 1.84. The number of nitrogens with one attached hydrogen (secondary N) is 1. The van der Waals surface area contributed by atoms with E-state index in [-0.39, 0.29) is 17.2 Å². The van der Waals surface area contributed by atoms with Gasteiger partial charge < -0.3 is 10.4 Å². The lowest BCUT2D eigenvalue weighted by Gasteiger charge is -2.17. The van der Waals surface area contributed by atoms with Crippen LogP contribution in [0.15, 0.2) is 18.2 Å². The Morgan fingerprint density at radius 1 is 1.47 bits per heavy atom. The van der Waals surface area contributed by atoms with E-state index in [0.29, 0.717) is 6.54 Å². The molecule has 0 heterocycles. The second-order valence-electron chi connectivity index (χ2n) is 4.25. The van der Waals surface area contributed by atoms with Crippen LogP contribution in [-0.2, 0) is 0 Å². The van der Waals surface area contributed by atoms with Crippen molar-refractivity contribution >= 4 is 11.6 Å². The highest BCUT2D eigenvalue weighted by atomic mass is 35.5. The molecule has 0 radical (unpaired) electrons. The van der Waals surface area contributed by atoms with Crippen LogP contribution >= 0.6 is 11.6 Å². The van der Waals surface area contributed by atoms with E-state index >= 15 is 0 Å². The Balaban J connectivity index is 2.52. The second kappa shape index (κ2) is 6.94. The van der Waals surface area contributed by atoms with Crippen molar-refractivity contribution in [3.8, 4) is 0 Å². The highest BCUT2D eigenvalue weighted by molar-refractivity contribution is 6.30.